The Kier molecular flexibility index (Phi) is 6.86. The van der Waals surface area contributed by atoms with Gasteiger partial charge in [-0.25, -0.2) is 15.0 Å². The van der Waals surface area contributed by atoms with E-state index in [1.807, 2.05) is 29.5 Å². The fraction of sp³-hybridized carbons (Fsp3) is 0. The highest BCUT2D eigenvalue weighted by atomic mass is 32.1. The largest absolute Gasteiger partial charge is 0.208 e. The Hall–Kier alpha value is -6.01. The Morgan fingerprint density at radius 2 is 0.840 bits per heavy atom. The molecule has 0 N–H and O–H groups in total. The molecule has 0 amide bonds. The lowest BCUT2D eigenvalue weighted by atomic mass is 9.97. The highest BCUT2D eigenvalue weighted by Gasteiger charge is 2.17. The first-order valence-electron chi connectivity index (χ1n) is 16.6. The van der Waals surface area contributed by atoms with E-state index < -0.39 is 0 Å². The minimum Gasteiger partial charge on any atom is -0.208 e. The van der Waals surface area contributed by atoms with Crippen LogP contribution < -0.4 is 0 Å². The molecule has 3 nitrogen and oxygen atoms in total. The van der Waals surface area contributed by atoms with Crippen molar-refractivity contribution in [1.29, 1.82) is 0 Å². The zero-order valence-corrected chi connectivity index (χ0v) is 28.4. The number of benzene rings is 7. The molecule has 0 aliphatic heterocycles. The Labute approximate surface area is 296 Å². The summed E-state index contributed by atoms with van der Waals surface area (Å²) in [5, 5.41) is 5.03. The van der Waals surface area contributed by atoms with Crippen molar-refractivity contribution < 1.29 is 0 Å². The van der Waals surface area contributed by atoms with Crippen LogP contribution in [0.3, 0.4) is 0 Å². The molecule has 0 bridgehead atoms. The molecule has 0 atom stereocenters. The predicted octanol–water partition coefficient (Wildman–Crippen LogP) is 12.9. The van der Waals surface area contributed by atoms with Gasteiger partial charge in [-0.2, -0.15) is 0 Å². The van der Waals surface area contributed by atoms with Gasteiger partial charge in [-0.3, -0.25) is 0 Å². The molecule has 0 saturated carbocycles. The highest BCUT2D eigenvalue weighted by Crippen LogP contribution is 2.42. The van der Waals surface area contributed by atoms with Crippen LogP contribution in [0.5, 0.6) is 0 Å². The number of rotatable bonds is 5. The first-order chi connectivity index (χ1) is 24.8. The fourth-order valence-electron chi connectivity index (χ4n) is 6.98. The van der Waals surface area contributed by atoms with E-state index in [2.05, 4.69) is 146 Å². The van der Waals surface area contributed by atoms with Gasteiger partial charge in [0.05, 0.1) is 0 Å². The summed E-state index contributed by atoms with van der Waals surface area (Å²) in [4.78, 5) is 15.3. The number of aromatic nitrogens is 3. The minimum atomic E-state index is 0.651. The van der Waals surface area contributed by atoms with Gasteiger partial charge in [0.15, 0.2) is 17.5 Å². The number of thiophene rings is 2. The van der Waals surface area contributed by atoms with Crippen LogP contribution in [0.2, 0.25) is 0 Å². The SMILES string of the molecule is c1ccc(-c2nc(-c3cccc(-c4cccc(-c5cccc6c5sc5ccccc56)c4)c3)nc(-c3cccc4sc5ccccc5c34)n2)cc1. The number of hydrogen-bond acceptors (Lipinski definition) is 5. The normalized spacial score (nSPS) is 11.6. The second-order valence-corrected chi connectivity index (χ2v) is 14.5. The molecule has 3 heterocycles. The van der Waals surface area contributed by atoms with Crippen LogP contribution in [0, 0.1) is 0 Å². The predicted molar refractivity (Wildman–Crippen MR) is 213 cm³/mol. The van der Waals surface area contributed by atoms with Crippen molar-refractivity contribution in [3.63, 3.8) is 0 Å². The molecule has 0 spiro atoms. The average molecular weight is 674 g/mol. The summed E-state index contributed by atoms with van der Waals surface area (Å²) >= 11 is 3.66. The van der Waals surface area contributed by atoms with Crippen molar-refractivity contribution in [2.45, 2.75) is 0 Å². The lowest BCUT2D eigenvalue weighted by Gasteiger charge is -2.11. The topological polar surface area (TPSA) is 38.7 Å². The Balaban J connectivity index is 1.11. The third-order valence-corrected chi connectivity index (χ3v) is 11.7. The summed E-state index contributed by atoms with van der Waals surface area (Å²) in [6.45, 7) is 0. The lowest BCUT2D eigenvalue weighted by molar-refractivity contribution is 1.08. The Morgan fingerprint density at radius 3 is 1.66 bits per heavy atom. The molecule has 0 aliphatic carbocycles. The summed E-state index contributed by atoms with van der Waals surface area (Å²) < 4.78 is 5.11. The van der Waals surface area contributed by atoms with Crippen molar-refractivity contribution in [1.82, 2.24) is 15.0 Å². The van der Waals surface area contributed by atoms with Crippen LogP contribution in [-0.2, 0) is 0 Å². The quantitative estimate of drug-likeness (QED) is 0.182. The Morgan fingerprint density at radius 1 is 0.320 bits per heavy atom. The van der Waals surface area contributed by atoms with Gasteiger partial charge in [0.25, 0.3) is 0 Å². The first-order valence-corrected chi connectivity index (χ1v) is 18.2. The van der Waals surface area contributed by atoms with Crippen molar-refractivity contribution in [2.75, 3.05) is 0 Å². The number of hydrogen-bond donors (Lipinski definition) is 0. The fourth-order valence-corrected chi connectivity index (χ4v) is 9.35. The van der Waals surface area contributed by atoms with Gasteiger partial charge in [0.2, 0.25) is 0 Å². The summed E-state index contributed by atoms with van der Waals surface area (Å²) in [6.07, 6.45) is 0. The molecule has 0 unspecified atom stereocenters. The van der Waals surface area contributed by atoms with Gasteiger partial charge in [-0.15, -0.1) is 22.7 Å². The molecule has 10 rings (SSSR count). The smallest absolute Gasteiger partial charge is 0.164 e. The zero-order chi connectivity index (χ0) is 33.0. The molecule has 10 aromatic rings. The van der Waals surface area contributed by atoms with Crippen LogP contribution in [0.25, 0.3) is 96.8 Å². The molecule has 0 fully saturated rings. The van der Waals surface area contributed by atoms with Crippen LogP contribution in [0.4, 0.5) is 0 Å². The van der Waals surface area contributed by atoms with E-state index >= 15 is 0 Å². The van der Waals surface area contributed by atoms with E-state index in [0.29, 0.717) is 17.5 Å². The van der Waals surface area contributed by atoms with Crippen LogP contribution in [0.15, 0.2) is 164 Å². The van der Waals surface area contributed by atoms with E-state index in [-0.39, 0.29) is 0 Å². The molecule has 50 heavy (non-hydrogen) atoms. The van der Waals surface area contributed by atoms with Gasteiger partial charge in [-0.1, -0.05) is 133 Å². The summed E-state index contributed by atoms with van der Waals surface area (Å²) in [5.41, 5.74) is 7.64. The van der Waals surface area contributed by atoms with Gasteiger partial charge >= 0.3 is 0 Å². The summed E-state index contributed by atoms with van der Waals surface area (Å²) in [5.74, 6) is 1.98. The van der Waals surface area contributed by atoms with E-state index in [9.17, 15) is 0 Å². The minimum absolute atomic E-state index is 0.651. The third-order valence-electron chi connectivity index (χ3n) is 9.34. The maximum Gasteiger partial charge on any atom is 0.164 e. The molecule has 0 radical (unpaired) electrons. The van der Waals surface area contributed by atoms with Gasteiger partial charge in [0.1, 0.15) is 0 Å². The van der Waals surface area contributed by atoms with Crippen molar-refractivity contribution >= 4 is 63.0 Å². The lowest BCUT2D eigenvalue weighted by Crippen LogP contribution is -2.00. The molecule has 0 saturated heterocycles. The monoisotopic (exact) mass is 673 g/mol. The van der Waals surface area contributed by atoms with Gasteiger partial charge in [0, 0.05) is 57.0 Å². The van der Waals surface area contributed by atoms with Crippen molar-refractivity contribution in [2.24, 2.45) is 0 Å². The molecule has 3 aromatic heterocycles. The second kappa shape index (κ2) is 11.8. The molecule has 7 aromatic carbocycles. The van der Waals surface area contributed by atoms with Gasteiger partial charge in [-0.05, 0) is 52.6 Å². The molecule has 5 heteroatoms. The average Bonchev–Trinajstić information content (AvgIpc) is 3.77. The van der Waals surface area contributed by atoms with E-state index in [1.54, 1.807) is 11.3 Å². The van der Waals surface area contributed by atoms with Gasteiger partial charge < -0.3 is 0 Å². The second-order valence-electron chi connectivity index (χ2n) is 12.4. The van der Waals surface area contributed by atoms with Crippen LogP contribution in [0.1, 0.15) is 0 Å². The van der Waals surface area contributed by atoms with Crippen LogP contribution in [-0.4, -0.2) is 15.0 Å². The van der Waals surface area contributed by atoms with E-state index in [0.717, 1.165) is 27.8 Å². The molecule has 0 aliphatic rings. The molecular formula is C45H27N3S2. The molecular weight excluding hydrogens is 647 g/mol. The first kappa shape index (κ1) is 29.0. The van der Waals surface area contributed by atoms with Crippen LogP contribution >= 0.6 is 22.7 Å². The third kappa shape index (κ3) is 4.90. The van der Waals surface area contributed by atoms with E-state index in [1.165, 1.54) is 51.5 Å². The number of nitrogens with zero attached hydrogens (tertiary/aromatic N) is 3. The van der Waals surface area contributed by atoms with Crippen molar-refractivity contribution in [3.05, 3.63) is 164 Å². The molecule has 234 valence electrons. The Bertz CT molecular complexity index is 2890. The standard InChI is InChI=1S/C45H27N3S2/c1-2-12-28(13-3-1)43-46-44(48-45(47-43)37-22-11-25-40-41(37)36-19-5-7-24-39(36)49-40)32-17-9-15-30(27-32)29-14-8-16-31(26-29)33-20-10-21-35-34-18-4-6-23-38(34)50-42(33)35/h1-27H. The summed E-state index contributed by atoms with van der Waals surface area (Å²) in [6, 6.07) is 57.9. The number of fused-ring (bicyclic) bond motifs is 6. The maximum absolute atomic E-state index is 5.17. The van der Waals surface area contributed by atoms with Crippen molar-refractivity contribution in [3.8, 4) is 56.4 Å². The van der Waals surface area contributed by atoms with E-state index in [4.69, 9.17) is 15.0 Å². The highest BCUT2D eigenvalue weighted by molar-refractivity contribution is 7.26. The maximum atomic E-state index is 5.17. The zero-order valence-electron chi connectivity index (χ0n) is 26.7. The summed E-state index contributed by atoms with van der Waals surface area (Å²) in [7, 11) is 0.